The first-order valence-electron chi connectivity index (χ1n) is 8.11. The van der Waals surface area contributed by atoms with Crippen molar-refractivity contribution < 1.29 is 9.53 Å². The van der Waals surface area contributed by atoms with Gasteiger partial charge in [-0.05, 0) is 29.8 Å². The van der Waals surface area contributed by atoms with Gasteiger partial charge in [0.15, 0.2) is 0 Å². The minimum atomic E-state index is 0.0562. The number of methoxy groups -OCH3 is 1. The summed E-state index contributed by atoms with van der Waals surface area (Å²) < 4.78 is 7.02. The van der Waals surface area contributed by atoms with Crippen molar-refractivity contribution in [3.63, 3.8) is 0 Å². The van der Waals surface area contributed by atoms with E-state index in [1.165, 1.54) is 0 Å². The maximum atomic E-state index is 12.5. The molecule has 0 saturated heterocycles. The van der Waals surface area contributed by atoms with E-state index in [2.05, 4.69) is 5.10 Å². The summed E-state index contributed by atoms with van der Waals surface area (Å²) >= 11 is 0. The summed E-state index contributed by atoms with van der Waals surface area (Å²) in [4.78, 5) is 14.2. The van der Waals surface area contributed by atoms with Gasteiger partial charge < -0.3 is 9.64 Å². The zero-order valence-electron chi connectivity index (χ0n) is 14.4. The van der Waals surface area contributed by atoms with Crippen LogP contribution in [0.25, 0.3) is 5.69 Å². The van der Waals surface area contributed by atoms with Gasteiger partial charge in [0.2, 0.25) is 5.91 Å². The summed E-state index contributed by atoms with van der Waals surface area (Å²) in [7, 11) is 3.43. The summed E-state index contributed by atoms with van der Waals surface area (Å²) in [5.41, 5.74) is 2.93. The quantitative estimate of drug-likeness (QED) is 0.695. The third-order valence-electron chi connectivity index (χ3n) is 3.99. The first kappa shape index (κ1) is 16.8. The molecule has 0 aliphatic heterocycles. The van der Waals surface area contributed by atoms with E-state index in [4.69, 9.17) is 4.74 Å². The normalized spacial score (nSPS) is 10.5. The number of carbonyl (C=O) groups is 1. The van der Waals surface area contributed by atoms with E-state index < -0.39 is 0 Å². The zero-order chi connectivity index (χ0) is 17.6. The van der Waals surface area contributed by atoms with Gasteiger partial charge in [-0.15, -0.1) is 0 Å². The number of benzene rings is 2. The van der Waals surface area contributed by atoms with Crippen LogP contribution in [0.2, 0.25) is 0 Å². The topological polar surface area (TPSA) is 47.4 Å². The van der Waals surface area contributed by atoms with Crippen molar-refractivity contribution in [3.8, 4) is 11.4 Å². The van der Waals surface area contributed by atoms with E-state index in [1.54, 1.807) is 18.2 Å². The lowest BCUT2D eigenvalue weighted by atomic mass is 10.1. The van der Waals surface area contributed by atoms with Crippen LogP contribution in [0.5, 0.6) is 5.75 Å². The number of aromatic nitrogens is 2. The van der Waals surface area contributed by atoms with Gasteiger partial charge in [0.1, 0.15) is 5.75 Å². The predicted molar refractivity (Wildman–Crippen MR) is 96.7 cm³/mol. The maximum absolute atomic E-state index is 12.5. The molecule has 0 bridgehead atoms. The molecule has 25 heavy (non-hydrogen) atoms. The Morgan fingerprint density at radius 2 is 1.92 bits per heavy atom. The van der Waals surface area contributed by atoms with E-state index in [-0.39, 0.29) is 5.91 Å². The van der Waals surface area contributed by atoms with Crippen LogP contribution in [-0.4, -0.2) is 34.7 Å². The highest BCUT2D eigenvalue weighted by Crippen LogP contribution is 2.14. The minimum Gasteiger partial charge on any atom is -0.497 e. The van der Waals surface area contributed by atoms with Crippen LogP contribution < -0.4 is 4.74 Å². The molecule has 0 saturated carbocycles. The number of hydrogen-bond acceptors (Lipinski definition) is 3. The van der Waals surface area contributed by atoms with Crippen LogP contribution in [-0.2, 0) is 17.8 Å². The van der Waals surface area contributed by atoms with Gasteiger partial charge in [-0.1, -0.05) is 30.3 Å². The standard InChI is InChI=1S/C20H21N3O2/c1-22(20(24)12-16-7-6-10-19(11-16)25-2)14-17-13-21-23(15-17)18-8-4-3-5-9-18/h3-11,13,15H,12,14H2,1-2H3. The first-order chi connectivity index (χ1) is 12.2. The van der Waals surface area contributed by atoms with Gasteiger partial charge in [0.25, 0.3) is 0 Å². The number of hydrogen-bond donors (Lipinski definition) is 0. The molecule has 0 aliphatic rings. The largest absolute Gasteiger partial charge is 0.497 e. The highest BCUT2D eigenvalue weighted by molar-refractivity contribution is 5.78. The van der Waals surface area contributed by atoms with Crippen LogP contribution >= 0.6 is 0 Å². The molecule has 128 valence electrons. The second-order valence-electron chi connectivity index (χ2n) is 5.91. The molecule has 1 heterocycles. The molecule has 3 aromatic rings. The Kier molecular flexibility index (Phi) is 5.14. The van der Waals surface area contributed by atoms with Gasteiger partial charge in [-0.25, -0.2) is 4.68 Å². The second kappa shape index (κ2) is 7.66. The van der Waals surface area contributed by atoms with E-state index in [0.717, 1.165) is 22.6 Å². The molecule has 1 amide bonds. The summed E-state index contributed by atoms with van der Waals surface area (Å²) in [6.45, 7) is 0.523. The number of rotatable bonds is 6. The second-order valence-corrected chi connectivity index (χ2v) is 5.91. The van der Waals surface area contributed by atoms with Crippen LogP contribution in [0.1, 0.15) is 11.1 Å². The van der Waals surface area contributed by atoms with Gasteiger partial charge in [-0.2, -0.15) is 5.10 Å². The van der Waals surface area contributed by atoms with Crippen molar-refractivity contribution in [1.29, 1.82) is 0 Å². The predicted octanol–water partition coefficient (Wildman–Crippen LogP) is 3.08. The molecule has 0 aliphatic carbocycles. The fraction of sp³-hybridized carbons (Fsp3) is 0.200. The van der Waals surface area contributed by atoms with Gasteiger partial charge in [0, 0.05) is 25.4 Å². The van der Waals surface area contributed by atoms with Crippen molar-refractivity contribution in [3.05, 3.63) is 78.1 Å². The van der Waals surface area contributed by atoms with Gasteiger partial charge in [-0.3, -0.25) is 4.79 Å². The fourth-order valence-corrected chi connectivity index (χ4v) is 2.62. The number of amides is 1. The fourth-order valence-electron chi connectivity index (χ4n) is 2.62. The monoisotopic (exact) mass is 335 g/mol. The highest BCUT2D eigenvalue weighted by atomic mass is 16.5. The van der Waals surface area contributed by atoms with Crippen molar-refractivity contribution in [2.45, 2.75) is 13.0 Å². The zero-order valence-corrected chi connectivity index (χ0v) is 14.4. The Morgan fingerprint density at radius 3 is 2.68 bits per heavy atom. The first-order valence-corrected chi connectivity index (χ1v) is 8.11. The number of carbonyl (C=O) groups excluding carboxylic acids is 1. The molecule has 0 atom stereocenters. The molecule has 3 rings (SSSR count). The molecule has 0 unspecified atom stereocenters. The van der Waals surface area contributed by atoms with Crippen molar-refractivity contribution in [1.82, 2.24) is 14.7 Å². The third-order valence-corrected chi connectivity index (χ3v) is 3.99. The average molecular weight is 335 g/mol. The molecule has 1 aromatic heterocycles. The molecule has 0 N–H and O–H groups in total. The number of ether oxygens (including phenoxy) is 1. The Bertz CT molecular complexity index is 843. The van der Waals surface area contributed by atoms with Crippen LogP contribution in [0.3, 0.4) is 0 Å². The molecular formula is C20H21N3O2. The Hall–Kier alpha value is -3.08. The smallest absolute Gasteiger partial charge is 0.227 e. The van der Waals surface area contributed by atoms with Crippen molar-refractivity contribution in [2.75, 3.05) is 14.2 Å². The number of para-hydroxylation sites is 1. The molecule has 0 radical (unpaired) electrons. The lowest BCUT2D eigenvalue weighted by Gasteiger charge is -2.16. The lowest BCUT2D eigenvalue weighted by molar-refractivity contribution is -0.129. The average Bonchev–Trinajstić information content (AvgIpc) is 3.11. The number of nitrogens with zero attached hydrogens (tertiary/aromatic N) is 3. The van der Waals surface area contributed by atoms with E-state index in [0.29, 0.717) is 13.0 Å². The van der Waals surface area contributed by atoms with Crippen molar-refractivity contribution >= 4 is 5.91 Å². The van der Waals surface area contributed by atoms with Crippen molar-refractivity contribution in [2.24, 2.45) is 0 Å². The Labute approximate surface area is 147 Å². The summed E-state index contributed by atoms with van der Waals surface area (Å²) in [5.74, 6) is 0.817. The SMILES string of the molecule is COc1cccc(CC(=O)N(C)Cc2cnn(-c3ccccc3)c2)c1. The minimum absolute atomic E-state index is 0.0562. The van der Waals surface area contributed by atoms with Crippen LogP contribution in [0.4, 0.5) is 0 Å². The van der Waals surface area contributed by atoms with E-state index in [1.807, 2.05) is 72.5 Å². The molecule has 0 fully saturated rings. The van der Waals surface area contributed by atoms with Crippen LogP contribution in [0.15, 0.2) is 67.0 Å². The highest BCUT2D eigenvalue weighted by Gasteiger charge is 2.12. The Morgan fingerprint density at radius 1 is 1.12 bits per heavy atom. The number of likely N-dealkylation sites (N-methyl/N-ethyl adjacent to an activating group) is 1. The molecule has 5 nitrogen and oxygen atoms in total. The summed E-state index contributed by atoms with van der Waals surface area (Å²) in [6.07, 6.45) is 4.09. The molecular weight excluding hydrogens is 314 g/mol. The summed E-state index contributed by atoms with van der Waals surface area (Å²) in [6, 6.07) is 17.5. The maximum Gasteiger partial charge on any atom is 0.227 e. The molecule has 0 spiro atoms. The Balaban J connectivity index is 1.62. The molecule has 5 heteroatoms. The third kappa shape index (κ3) is 4.26. The van der Waals surface area contributed by atoms with E-state index >= 15 is 0 Å². The molecule has 2 aromatic carbocycles. The van der Waals surface area contributed by atoms with Gasteiger partial charge >= 0.3 is 0 Å². The van der Waals surface area contributed by atoms with E-state index in [9.17, 15) is 4.79 Å². The summed E-state index contributed by atoms with van der Waals surface area (Å²) in [5, 5.41) is 4.37. The van der Waals surface area contributed by atoms with Gasteiger partial charge in [0.05, 0.1) is 25.4 Å². The van der Waals surface area contributed by atoms with Crippen LogP contribution in [0, 0.1) is 0 Å². The lowest BCUT2D eigenvalue weighted by Crippen LogP contribution is -2.27.